The van der Waals surface area contributed by atoms with Crippen LogP contribution in [0.2, 0.25) is 0 Å². The Balaban J connectivity index is 1.81. The summed E-state index contributed by atoms with van der Waals surface area (Å²) in [6, 6.07) is 12.1. The van der Waals surface area contributed by atoms with Gasteiger partial charge in [0.1, 0.15) is 23.9 Å². The number of nitrogens with two attached hydrogens (primary N) is 1. The molecule has 0 radical (unpaired) electrons. The first-order valence-electron chi connectivity index (χ1n) is 6.55. The SMILES string of the molecule is Cc1ccc(OC2COc3ccccc3C2N)cc1F. The monoisotopic (exact) mass is 273 g/mol. The molecular formula is C16H16FNO2. The van der Waals surface area contributed by atoms with Crippen LogP contribution in [0, 0.1) is 12.7 Å². The number of halogens is 1. The molecule has 2 atom stereocenters. The highest BCUT2D eigenvalue weighted by Gasteiger charge is 2.29. The Labute approximate surface area is 117 Å². The number of hydrogen-bond acceptors (Lipinski definition) is 3. The topological polar surface area (TPSA) is 44.5 Å². The van der Waals surface area contributed by atoms with Crippen molar-refractivity contribution in [1.29, 1.82) is 0 Å². The Morgan fingerprint density at radius 1 is 1.25 bits per heavy atom. The third-order valence-electron chi connectivity index (χ3n) is 3.51. The van der Waals surface area contributed by atoms with Crippen molar-refractivity contribution in [3.63, 3.8) is 0 Å². The van der Waals surface area contributed by atoms with E-state index in [1.807, 2.05) is 24.3 Å². The fourth-order valence-electron chi connectivity index (χ4n) is 2.29. The molecule has 0 saturated carbocycles. The van der Waals surface area contributed by atoms with Crippen LogP contribution in [0.4, 0.5) is 4.39 Å². The fourth-order valence-corrected chi connectivity index (χ4v) is 2.29. The molecule has 104 valence electrons. The van der Waals surface area contributed by atoms with Gasteiger partial charge >= 0.3 is 0 Å². The number of rotatable bonds is 2. The maximum absolute atomic E-state index is 13.5. The summed E-state index contributed by atoms with van der Waals surface area (Å²) in [5.74, 6) is 0.972. The molecule has 0 bridgehead atoms. The number of aryl methyl sites for hydroxylation is 1. The third-order valence-corrected chi connectivity index (χ3v) is 3.51. The number of fused-ring (bicyclic) bond motifs is 1. The summed E-state index contributed by atoms with van der Waals surface area (Å²) >= 11 is 0. The molecule has 1 aliphatic heterocycles. The first-order chi connectivity index (χ1) is 9.65. The summed E-state index contributed by atoms with van der Waals surface area (Å²) in [6.45, 7) is 2.07. The highest BCUT2D eigenvalue weighted by atomic mass is 19.1. The van der Waals surface area contributed by atoms with E-state index < -0.39 is 0 Å². The van der Waals surface area contributed by atoms with Crippen molar-refractivity contribution in [3.8, 4) is 11.5 Å². The molecule has 0 aromatic heterocycles. The van der Waals surface area contributed by atoms with Crippen LogP contribution in [0.5, 0.6) is 11.5 Å². The van der Waals surface area contributed by atoms with Crippen molar-refractivity contribution in [1.82, 2.24) is 0 Å². The van der Waals surface area contributed by atoms with E-state index >= 15 is 0 Å². The van der Waals surface area contributed by atoms with E-state index in [0.29, 0.717) is 17.9 Å². The van der Waals surface area contributed by atoms with Crippen molar-refractivity contribution < 1.29 is 13.9 Å². The molecule has 1 heterocycles. The lowest BCUT2D eigenvalue weighted by atomic mass is 9.99. The average molecular weight is 273 g/mol. The smallest absolute Gasteiger partial charge is 0.152 e. The van der Waals surface area contributed by atoms with Crippen LogP contribution in [-0.2, 0) is 0 Å². The van der Waals surface area contributed by atoms with Gasteiger partial charge < -0.3 is 15.2 Å². The van der Waals surface area contributed by atoms with Crippen LogP contribution < -0.4 is 15.2 Å². The van der Waals surface area contributed by atoms with Crippen LogP contribution in [0.25, 0.3) is 0 Å². The predicted molar refractivity (Wildman–Crippen MR) is 74.4 cm³/mol. The zero-order valence-corrected chi connectivity index (χ0v) is 11.2. The Hall–Kier alpha value is -2.07. The van der Waals surface area contributed by atoms with E-state index in [1.165, 1.54) is 6.07 Å². The van der Waals surface area contributed by atoms with Gasteiger partial charge in [-0.05, 0) is 24.6 Å². The van der Waals surface area contributed by atoms with Gasteiger partial charge in [-0.25, -0.2) is 4.39 Å². The zero-order valence-electron chi connectivity index (χ0n) is 11.2. The van der Waals surface area contributed by atoms with Gasteiger partial charge in [-0.2, -0.15) is 0 Å². The number of ether oxygens (including phenoxy) is 2. The van der Waals surface area contributed by atoms with Crippen LogP contribution >= 0.6 is 0 Å². The molecule has 2 aromatic carbocycles. The number of benzene rings is 2. The summed E-state index contributed by atoms with van der Waals surface area (Å²) in [7, 11) is 0. The molecular weight excluding hydrogens is 257 g/mol. The lowest BCUT2D eigenvalue weighted by Gasteiger charge is -2.31. The van der Waals surface area contributed by atoms with Gasteiger partial charge in [0.05, 0.1) is 6.04 Å². The summed E-state index contributed by atoms with van der Waals surface area (Å²) in [5, 5.41) is 0. The van der Waals surface area contributed by atoms with E-state index in [-0.39, 0.29) is 18.0 Å². The lowest BCUT2D eigenvalue weighted by Crippen LogP contribution is -2.40. The van der Waals surface area contributed by atoms with E-state index in [4.69, 9.17) is 15.2 Å². The van der Waals surface area contributed by atoms with Gasteiger partial charge in [-0.15, -0.1) is 0 Å². The average Bonchev–Trinajstić information content (AvgIpc) is 2.46. The van der Waals surface area contributed by atoms with Crippen molar-refractivity contribution >= 4 is 0 Å². The van der Waals surface area contributed by atoms with E-state index in [0.717, 1.165) is 11.3 Å². The van der Waals surface area contributed by atoms with E-state index in [2.05, 4.69) is 0 Å². The molecule has 2 unspecified atom stereocenters. The van der Waals surface area contributed by atoms with E-state index in [9.17, 15) is 4.39 Å². The Morgan fingerprint density at radius 3 is 2.85 bits per heavy atom. The number of hydrogen-bond donors (Lipinski definition) is 1. The van der Waals surface area contributed by atoms with Crippen LogP contribution in [0.3, 0.4) is 0 Å². The summed E-state index contributed by atoms with van der Waals surface area (Å²) in [4.78, 5) is 0. The van der Waals surface area contributed by atoms with Gasteiger partial charge in [0.25, 0.3) is 0 Å². The predicted octanol–water partition coefficient (Wildman–Crippen LogP) is 2.97. The second kappa shape index (κ2) is 5.13. The molecule has 1 aliphatic rings. The van der Waals surface area contributed by atoms with Crippen molar-refractivity contribution in [2.45, 2.75) is 19.1 Å². The molecule has 2 aromatic rings. The van der Waals surface area contributed by atoms with Gasteiger partial charge in [-0.3, -0.25) is 0 Å². The molecule has 20 heavy (non-hydrogen) atoms. The van der Waals surface area contributed by atoms with Crippen molar-refractivity contribution in [2.75, 3.05) is 6.61 Å². The van der Waals surface area contributed by atoms with Gasteiger partial charge in [-0.1, -0.05) is 24.3 Å². The Bertz CT molecular complexity index is 630. The van der Waals surface area contributed by atoms with E-state index in [1.54, 1.807) is 19.1 Å². The molecule has 0 spiro atoms. The minimum absolute atomic E-state index is 0.284. The maximum atomic E-state index is 13.5. The number of para-hydroxylation sites is 1. The maximum Gasteiger partial charge on any atom is 0.152 e. The normalized spacial score (nSPS) is 20.9. The summed E-state index contributed by atoms with van der Waals surface area (Å²) < 4.78 is 24.9. The van der Waals surface area contributed by atoms with Gasteiger partial charge in [0.15, 0.2) is 6.10 Å². The second-order valence-electron chi connectivity index (χ2n) is 4.94. The fraction of sp³-hybridized carbons (Fsp3) is 0.250. The van der Waals surface area contributed by atoms with Crippen molar-refractivity contribution in [2.24, 2.45) is 5.73 Å². The highest BCUT2D eigenvalue weighted by Crippen LogP contribution is 2.32. The minimum atomic E-state index is -0.327. The Kier molecular flexibility index (Phi) is 3.32. The summed E-state index contributed by atoms with van der Waals surface area (Å²) in [5.41, 5.74) is 7.71. The molecule has 2 N–H and O–H groups in total. The third kappa shape index (κ3) is 2.34. The van der Waals surface area contributed by atoms with Gasteiger partial charge in [0, 0.05) is 11.6 Å². The first kappa shape index (κ1) is 12.9. The summed E-state index contributed by atoms with van der Waals surface area (Å²) in [6.07, 6.45) is -0.327. The highest BCUT2D eigenvalue weighted by molar-refractivity contribution is 5.38. The quantitative estimate of drug-likeness (QED) is 0.915. The van der Waals surface area contributed by atoms with Crippen molar-refractivity contribution in [3.05, 3.63) is 59.4 Å². The standard InChI is InChI=1S/C16H16FNO2/c1-10-6-7-11(8-13(10)17)20-15-9-19-14-5-3-2-4-12(14)16(15)18/h2-8,15-16H,9,18H2,1H3. The Morgan fingerprint density at radius 2 is 2.05 bits per heavy atom. The first-order valence-corrected chi connectivity index (χ1v) is 6.55. The lowest BCUT2D eigenvalue weighted by molar-refractivity contribution is 0.0875. The van der Waals surface area contributed by atoms with Gasteiger partial charge in [0.2, 0.25) is 0 Å². The molecule has 0 amide bonds. The molecule has 3 nitrogen and oxygen atoms in total. The van der Waals surface area contributed by atoms with Crippen LogP contribution in [0.15, 0.2) is 42.5 Å². The molecule has 0 saturated heterocycles. The van der Waals surface area contributed by atoms with Crippen LogP contribution in [-0.4, -0.2) is 12.7 Å². The van der Waals surface area contributed by atoms with Crippen LogP contribution in [0.1, 0.15) is 17.2 Å². The minimum Gasteiger partial charge on any atom is -0.489 e. The molecule has 0 aliphatic carbocycles. The zero-order chi connectivity index (χ0) is 14.1. The molecule has 4 heteroatoms. The molecule has 3 rings (SSSR count). The molecule has 0 fully saturated rings. The second-order valence-corrected chi connectivity index (χ2v) is 4.94. The largest absolute Gasteiger partial charge is 0.489 e.